The van der Waals surface area contributed by atoms with Crippen molar-refractivity contribution in [3.63, 3.8) is 0 Å². The van der Waals surface area contributed by atoms with Crippen LogP contribution in [0, 0.1) is 0 Å². The third-order valence-electron chi connectivity index (χ3n) is 2.86. The summed E-state index contributed by atoms with van der Waals surface area (Å²) in [6, 6.07) is 7.19. The number of ether oxygens (including phenoxy) is 1. The molecule has 1 atom stereocenters. The Morgan fingerprint density at radius 3 is 3.05 bits per heavy atom. The van der Waals surface area contributed by atoms with Crippen LogP contribution in [0.3, 0.4) is 0 Å². The lowest BCUT2D eigenvalue weighted by molar-refractivity contribution is 0.0187. The quantitative estimate of drug-likeness (QED) is 0.712. The molecule has 3 heterocycles. The maximum absolute atomic E-state index is 11.7. The number of thiophene rings is 1. The Balaban J connectivity index is 1.55. The molecule has 0 aliphatic heterocycles. The van der Waals surface area contributed by atoms with E-state index in [-0.39, 0.29) is 19.0 Å². The van der Waals surface area contributed by atoms with Crippen LogP contribution in [0.25, 0.3) is 11.7 Å². The molecule has 3 aromatic rings. The molecule has 7 nitrogen and oxygen atoms in total. The van der Waals surface area contributed by atoms with Gasteiger partial charge in [-0.1, -0.05) is 6.07 Å². The predicted octanol–water partition coefficient (Wildman–Crippen LogP) is 1.74. The Morgan fingerprint density at radius 2 is 2.32 bits per heavy atom. The first-order valence-electron chi connectivity index (χ1n) is 6.62. The molecule has 1 N–H and O–H groups in total. The fourth-order valence-electron chi connectivity index (χ4n) is 1.86. The monoisotopic (exact) mass is 322 g/mol. The van der Waals surface area contributed by atoms with E-state index >= 15 is 0 Å². The molecule has 0 bridgehead atoms. The van der Waals surface area contributed by atoms with Gasteiger partial charge in [0, 0.05) is 4.88 Å². The molecule has 0 radical (unpaired) electrons. The Hall–Kier alpha value is -2.16. The molecule has 0 fully saturated rings. The van der Waals surface area contributed by atoms with Crippen molar-refractivity contribution in [2.45, 2.75) is 19.3 Å². The zero-order valence-corrected chi connectivity index (χ0v) is 12.4. The zero-order chi connectivity index (χ0) is 15.4. The highest BCUT2D eigenvalue weighted by molar-refractivity contribution is 7.09. The highest BCUT2D eigenvalue weighted by Crippen LogP contribution is 2.15. The maximum atomic E-state index is 11.7. The van der Waals surface area contributed by atoms with Gasteiger partial charge in [-0.3, -0.25) is 0 Å². The SMILES string of the molecule is O=c1oc(-c2ccco2)nn1C[C@@H](O)COCc1cccs1. The normalized spacial score (nSPS) is 12.6. The van der Waals surface area contributed by atoms with Gasteiger partial charge in [0.1, 0.15) is 0 Å². The predicted molar refractivity (Wildman–Crippen MR) is 78.4 cm³/mol. The standard InChI is InChI=1S/C14H14N2O5S/c17-10(8-19-9-11-3-2-6-22-11)7-16-14(18)21-13(15-16)12-4-1-5-20-12/h1-6,10,17H,7-9H2/t10-/m1/s1. The second-order valence-corrected chi connectivity index (χ2v) is 5.61. The summed E-state index contributed by atoms with van der Waals surface area (Å²) in [6.45, 7) is 0.529. The molecular formula is C14H14N2O5S. The summed E-state index contributed by atoms with van der Waals surface area (Å²) < 4.78 is 16.5. The van der Waals surface area contributed by atoms with E-state index < -0.39 is 11.9 Å². The van der Waals surface area contributed by atoms with Crippen LogP contribution in [0.2, 0.25) is 0 Å². The fraction of sp³-hybridized carbons (Fsp3) is 0.286. The maximum Gasteiger partial charge on any atom is 0.437 e. The van der Waals surface area contributed by atoms with E-state index in [1.165, 1.54) is 6.26 Å². The van der Waals surface area contributed by atoms with Crippen molar-refractivity contribution in [2.75, 3.05) is 6.61 Å². The molecule has 0 unspecified atom stereocenters. The number of aliphatic hydroxyl groups is 1. The number of aliphatic hydroxyl groups excluding tert-OH is 1. The summed E-state index contributed by atoms with van der Waals surface area (Å²) in [5.41, 5.74) is 0. The van der Waals surface area contributed by atoms with E-state index in [2.05, 4.69) is 5.10 Å². The number of nitrogens with zero attached hydrogens (tertiary/aromatic N) is 2. The first-order valence-corrected chi connectivity index (χ1v) is 7.50. The van der Waals surface area contributed by atoms with E-state index in [0.29, 0.717) is 12.4 Å². The fourth-order valence-corrected chi connectivity index (χ4v) is 2.50. The minimum absolute atomic E-state index is 0.00647. The van der Waals surface area contributed by atoms with Crippen LogP contribution in [0.15, 0.2) is 49.5 Å². The first-order chi connectivity index (χ1) is 10.7. The van der Waals surface area contributed by atoms with Gasteiger partial charge in [-0.25, -0.2) is 4.79 Å². The molecule has 3 rings (SSSR count). The van der Waals surface area contributed by atoms with E-state index in [1.54, 1.807) is 23.5 Å². The van der Waals surface area contributed by atoms with E-state index in [4.69, 9.17) is 13.6 Å². The van der Waals surface area contributed by atoms with Gasteiger partial charge in [0.2, 0.25) is 0 Å². The van der Waals surface area contributed by atoms with Crippen LogP contribution >= 0.6 is 11.3 Å². The van der Waals surface area contributed by atoms with Crippen LogP contribution in [0.1, 0.15) is 4.88 Å². The van der Waals surface area contributed by atoms with Crippen molar-refractivity contribution in [1.29, 1.82) is 0 Å². The summed E-state index contributed by atoms with van der Waals surface area (Å²) in [5.74, 6) is -0.204. The summed E-state index contributed by atoms with van der Waals surface area (Å²) in [6.07, 6.45) is 0.606. The van der Waals surface area contributed by atoms with E-state index in [9.17, 15) is 9.90 Å². The number of furan rings is 1. The van der Waals surface area contributed by atoms with Gasteiger partial charge in [-0.15, -0.1) is 16.4 Å². The highest BCUT2D eigenvalue weighted by atomic mass is 32.1. The third kappa shape index (κ3) is 3.53. The van der Waals surface area contributed by atoms with Gasteiger partial charge in [-0.2, -0.15) is 4.68 Å². The van der Waals surface area contributed by atoms with Crippen LogP contribution < -0.4 is 5.76 Å². The number of hydrogen-bond donors (Lipinski definition) is 1. The van der Waals surface area contributed by atoms with Crippen LogP contribution in [0.5, 0.6) is 0 Å². The van der Waals surface area contributed by atoms with Gasteiger partial charge in [0.15, 0.2) is 5.76 Å². The summed E-state index contributed by atoms with van der Waals surface area (Å²) in [4.78, 5) is 12.7. The summed E-state index contributed by atoms with van der Waals surface area (Å²) in [7, 11) is 0. The van der Waals surface area contributed by atoms with Crippen molar-refractivity contribution < 1.29 is 18.7 Å². The van der Waals surface area contributed by atoms with Crippen LogP contribution in [-0.2, 0) is 17.9 Å². The average Bonchev–Trinajstić information content (AvgIpc) is 3.21. The largest absolute Gasteiger partial charge is 0.459 e. The first kappa shape index (κ1) is 14.8. The molecule has 8 heteroatoms. The zero-order valence-electron chi connectivity index (χ0n) is 11.5. The molecule has 0 aromatic carbocycles. The van der Waals surface area contributed by atoms with Gasteiger partial charge < -0.3 is 18.7 Å². The second kappa shape index (κ2) is 6.73. The molecular weight excluding hydrogens is 308 g/mol. The molecule has 22 heavy (non-hydrogen) atoms. The van der Waals surface area contributed by atoms with Crippen molar-refractivity contribution in [2.24, 2.45) is 0 Å². The molecule has 3 aromatic heterocycles. The van der Waals surface area contributed by atoms with Gasteiger partial charge >= 0.3 is 5.76 Å². The molecule has 0 aliphatic rings. The number of hydrogen-bond acceptors (Lipinski definition) is 7. The second-order valence-electron chi connectivity index (χ2n) is 4.58. The van der Waals surface area contributed by atoms with Gasteiger partial charge in [0.05, 0.1) is 32.1 Å². The molecule has 0 spiro atoms. The summed E-state index contributed by atoms with van der Waals surface area (Å²) >= 11 is 1.58. The smallest absolute Gasteiger partial charge is 0.437 e. The summed E-state index contributed by atoms with van der Waals surface area (Å²) in [5, 5.41) is 15.8. The minimum atomic E-state index is -0.854. The Bertz CT molecular complexity index is 745. The minimum Gasteiger partial charge on any atom is -0.459 e. The number of aromatic nitrogens is 2. The molecule has 0 amide bonds. The Kier molecular flexibility index (Phi) is 4.52. The molecule has 0 saturated carbocycles. The molecule has 116 valence electrons. The van der Waals surface area contributed by atoms with Crippen molar-refractivity contribution >= 4 is 11.3 Å². The Morgan fingerprint density at radius 1 is 1.41 bits per heavy atom. The average molecular weight is 322 g/mol. The van der Waals surface area contributed by atoms with Crippen LogP contribution in [0.4, 0.5) is 0 Å². The molecule has 0 aliphatic carbocycles. The highest BCUT2D eigenvalue weighted by Gasteiger charge is 2.15. The Labute approximate surface area is 129 Å². The molecule has 0 saturated heterocycles. The van der Waals surface area contributed by atoms with Crippen molar-refractivity contribution in [3.05, 3.63) is 51.3 Å². The number of rotatable bonds is 7. The topological polar surface area (TPSA) is 90.6 Å². The van der Waals surface area contributed by atoms with E-state index in [1.807, 2.05) is 17.5 Å². The lowest BCUT2D eigenvalue weighted by Crippen LogP contribution is -2.27. The third-order valence-corrected chi connectivity index (χ3v) is 3.71. The van der Waals surface area contributed by atoms with Crippen molar-refractivity contribution in [1.82, 2.24) is 9.78 Å². The van der Waals surface area contributed by atoms with Crippen LogP contribution in [-0.4, -0.2) is 27.6 Å². The van der Waals surface area contributed by atoms with E-state index in [0.717, 1.165) is 9.56 Å². The van der Waals surface area contributed by atoms with Gasteiger partial charge in [-0.05, 0) is 23.6 Å². The van der Waals surface area contributed by atoms with Crippen molar-refractivity contribution in [3.8, 4) is 11.7 Å². The lowest BCUT2D eigenvalue weighted by atomic mass is 10.4. The van der Waals surface area contributed by atoms with Gasteiger partial charge in [0.25, 0.3) is 5.89 Å². The lowest BCUT2D eigenvalue weighted by Gasteiger charge is -2.09.